The summed E-state index contributed by atoms with van der Waals surface area (Å²) in [5.41, 5.74) is 6.89. The van der Waals surface area contributed by atoms with Crippen LogP contribution in [0.15, 0.2) is 36.4 Å². The standard InChI is InChI=1S/C22H27IN2O/c1-15-5-3-6-16(2)22(15)25-11-9-24(10-12-25)20-14-18-17(13-21(20)26)7-4-8-19(18)23/h3-8,20-21,26H,9-14H2,1-2H3/t20-,21-/m1/s1. The van der Waals surface area contributed by atoms with Crippen LogP contribution < -0.4 is 4.90 Å². The Morgan fingerprint density at radius 3 is 2.27 bits per heavy atom. The summed E-state index contributed by atoms with van der Waals surface area (Å²) in [7, 11) is 0. The summed E-state index contributed by atoms with van der Waals surface area (Å²) in [6.07, 6.45) is 1.50. The van der Waals surface area contributed by atoms with Gasteiger partial charge in [-0.1, -0.05) is 30.3 Å². The first-order valence-electron chi connectivity index (χ1n) is 9.54. The molecule has 1 aliphatic heterocycles. The van der Waals surface area contributed by atoms with Gasteiger partial charge in [-0.3, -0.25) is 4.90 Å². The van der Waals surface area contributed by atoms with Crippen LogP contribution in [0.25, 0.3) is 0 Å². The summed E-state index contributed by atoms with van der Waals surface area (Å²) < 4.78 is 1.34. The van der Waals surface area contributed by atoms with Gasteiger partial charge in [-0.25, -0.2) is 0 Å². The molecule has 3 nitrogen and oxygen atoms in total. The van der Waals surface area contributed by atoms with Crippen LogP contribution >= 0.6 is 22.6 Å². The number of hydrogen-bond acceptors (Lipinski definition) is 3. The molecule has 2 atom stereocenters. The zero-order valence-corrected chi connectivity index (χ0v) is 17.7. The first-order chi connectivity index (χ1) is 12.5. The van der Waals surface area contributed by atoms with Crippen molar-refractivity contribution in [1.82, 2.24) is 4.90 Å². The first kappa shape index (κ1) is 18.3. The van der Waals surface area contributed by atoms with Gasteiger partial charge in [0.2, 0.25) is 0 Å². The molecule has 0 amide bonds. The van der Waals surface area contributed by atoms with Gasteiger partial charge in [-0.05, 0) is 71.2 Å². The van der Waals surface area contributed by atoms with Crippen molar-refractivity contribution in [3.05, 3.63) is 62.2 Å². The summed E-state index contributed by atoms with van der Waals surface area (Å²) in [6.45, 7) is 8.53. The molecule has 1 heterocycles. The molecule has 0 saturated carbocycles. The van der Waals surface area contributed by atoms with E-state index in [0.717, 1.165) is 39.0 Å². The average molecular weight is 462 g/mol. The minimum Gasteiger partial charge on any atom is -0.391 e. The van der Waals surface area contributed by atoms with Crippen molar-refractivity contribution in [2.45, 2.75) is 38.8 Å². The molecule has 2 aliphatic rings. The molecule has 1 N–H and O–H groups in total. The van der Waals surface area contributed by atoms with E-state index in [4.69, 9.17) is 0 Å². The monoisotopic (exact) mass is 462 g/mol. The Labute approximate surface area is 170 Å². The summed E-state index contributed by atoms with van der Waals surface area (Å²) in [5, 5.41) is 10.8. The van der Waals surface area contributed by atoms with E-state index < -0.39 is 0 Å². The molecule has 1 fully saturated rings. The Morgan fingerprint density at radius 1 is 0.923 bits per heavy atom. The van der Waals surface area contributed by atoms with E-state index in [1.54, 1.807) is 0 Å². The molecule has 2 aromatic carbocycles. The SMILES string of the molecule is Cc1cccc(C)c1N1CCN([C@@H]2Cc3c(I)cccc3C[C@H]2O)CC1. The quantitative estimate of drug-likeness (QED) is 0.692. The van der Waals surface area contributed by atoms with Gasteiger partial charge in [-0.15, -0.1) is 0 Å². The molecule has 138 valence electrons. The Kier molecular flexibility index (Phi) is 5.26. The van der Waals surface area contributed by atoms with Crippen molar-refractivity contribution in [3.8, 4) is 0 Å². The molecule has 26 heavy (non-hydrogen) atoms. The van der Waals surface area contributed by atoms with Gasteiger partial charge in [-0.2, -0.15) is 0 Å². The Bertz CT molecular complexity index is 778. The van der Waals surface area contributed by atoms with E-state index in [2.05, 4.69) is 82.6 Å². The largest absolute Gasteiger partial charge is 0.391 e. The lowest BCUT2D eigenvalue weighted by atomic mass is 9.85. The van der Waals surface area contributed by atoms with E-state index >= 15 is 0 Å². The first-order valence-corrected chi connectivity index (χ1v) is 10.6. The molecular weight excluding hydrogens is 435 g/mol. The van der Waals surface area contributed by atoms with Crippen LogP contribution in [-0.4, -0.2) is 48.3 Å². The maximum Gasteiger partial charge on any atom is 0.0739 e. The molecule has 4 rings (SSSR count). The second-order valence-electron chi connectivity index (χ2n) is 7.68. The predicted molar refractivity (Wildman–Crippen MR) is 116 cm³/mol. The topological polar surface area (TPSA) is 26.7 Å². The number of benzene rings is 2. The zero-order chi connectivity index (χ0) is 18.3. The fourth-order valence-corrected chi connectivity index (χ4v) is 5.46. The van der Waals surface area contributed by atoms with Crippen molar-refractivity contribution in [2.24, 2.45) is 0 Å². The number of halogens is 1. The molecule has 0 radical (unpaired) electrons. The predicted octanol–water partition coefficient (Wildman–Crippen LogP) is 3.56. The van der Waals surface area contributed by atoms with Crippen molar-refractivity contribution in [2.75, 3.05) is 31.1 Å². The van der Waals surface area contributed by atoms with Crippen molar-refractivity contribution in [1.29, 1.82) is 0 Å². The molecule has 0 bridgehead atoms. The highest BCUT2D eigenvalue weighted by Crippen LogP contribution is 2.30. The van der Waals surface area contributed by atoms with Crippen molar-refractivity contribution in [3.63, 3.8) is 0 Å². The van der Waals surface area contributed by atoms with E-state index in [-0.39, 0.29) is 12.1 Å². The minimum atomic E-state index is -0.257. The number of nitrogens with zero attached hydrogens (tertiary/aromatic N) is 2. The van der Waals surface area contributed by atoms with Crippen LogP contribution in [0.1, 0.15) is 22.3 Å². The summed E-state index contributed by atoms with van der Waals surface area (Å²) in [5.74, 6) is 0. The number of fused-ring (bicyclic) bond motifs is 1. The van der Waals surface area contributed by atoms with Crippen LogP contribution in [0.3, 0.4) is 0 Å². The van der Waals surface area contributed by atoms with Crippen molar-refractivity contribution < 1.29 is 5.11 Å². The highest BCUT2D eigenvalue weighted by Gasteiger charge is 2.34. The molecule has 0 spiro atoms. The van der Waals surface area contributed by atoms with Crippen LogP contribution in [0.4, 0.5) is 5.69 Å². The fraction of sp³-hybridized carbons (Fsp3) is 0.455. The van der Waals surface area contributed by atoms with Gasteiger partial charge in [0, 0.05) is 47.9 Å². The number of hydrogen-bond donors (Lipinski definition) is 1. The van der Waals surface area contributed by atoms with Crippen LogP contribution in [-0.2, 0) is 12.8 Å². The number of aryl methyl sites for hydroxylation is 2. The summed E-state index contributed by atoms with van der Waals surface area (Å²) >= 11 is 2.44. The van der Waals surface area contributed by atoms with Gasteiger partial charge in [0.1, 0.15) is 0 Å². The molecule has 0 aromatic heterocycles. The summed E-state index contributed by atoms with van der Waals surface area (Å²) in [4.78, 5) is 5.04. The molecular formula is C22H27IN2O. The molecule has 2 aromatic rings. The highest BCUT2D eigenvalue weighted by atomic mass is 127. The van der Waals surface area contributed by atoms with E-state index in [9.17, 15) is 5.11 Å². The maximum atomic E-state index is 10.8. The number of anilines is 1. The highest BCUT2D eigenvalue weighted by molar-refractivity contribution is 14.1. The Balaban J connectivity index is 1.48. The Hall–Kier alpha value is -1.11. The molecule has 1 aliphatic carbocycles. The van der Waals surface area contributed by atoms with Gasteiger partial charge in [0.05, 0.1) is 6.10 Å². The smallest absolute Gasteiger partial charge is 0.0739 e. The average Bonchev–Trinajstić information content (AvgIpc) is 2.62. The molecule has 1 saturated heterocycles. The number of rotatable bonds is 2. The lowest BCUT2D eigenvalue weighted by molar-refractivity contribution is 0.0393. The number of aliphatic hydroxyl groups excluding tert-OH is 1. The normalized spacial score (nSPS) is 23.8. The number of aliphatic hydroxyl groups is 1. The summed E-state index contributed by atoms with van der Waals surface area (Å²) in [6, 6.07) is 13.3. The van der Waals surface area contributed by atoms with Crippen LogP contribution in [0, 0.1) is 17.4 Å². The lowest BCUT2D eigenvalue weighted by Gasteiger charge is -2.44. The van der Waals surface area contributed by atoms with Gasteiger partial charge in [0.25, 0.3) is 0 Å². The molecule has 4 heteroatoms. The van der Waals surface area contributed by atoms with E-state index in [1.807, 2.05) is 0 Å². The van der Waals surface area contributed by atoms with Gasteiger partial charge in [0.15, 0.2) is 0 Å². The minimum absolute atomic E-state index is 0.249. The second kappa shape index (κ2) is 7.49. The van der Waals surface area contributed by atoms with Crippen LogP contribution in [0.2, 0.25) is 0 Å². The van der Waals surface area contributed by atoms with Gasteiger partial charge >= 0.3 is 0 Å². The van der Waals surface area contributed by atoms with E-state index in [0.29, 0.717) is 0 Å². The Morgan fingerprint density at radius 2 is 1.58 bits per heavy atom. The second-order valence-corrected chi connectivity index (χ2v) is 8.85. The van der Waals surface area contributed by atoms with Crippen LogP contribution in [0.5, 0.6) is 0 Å². The third-order valence-corrected chi connectivity index (χ3v) is 7.05. The lowest BCUT2D eigenvalue weighted by Crippen LogP contribution is -2.56. The van der Waals surface area contributed by atoms with Crippen molar-refractivity contribution >= 4 is 28.3 Å². The van der Waals surface area contributed by atoms with E-state index in [1.165, 1.54) is 31.5 Å². The fourth-order valence-electron chi connectivity index (χ4n) is 4.68. The zero-order valence-electron chi connectivity index (χ0n) is 15.6. The number of para-hydroxylation sites is 1. The number of piperazine rings is 1. The maximum absolute atomic E-state index is 10.8. The third-order valence-electron chi connectivity index (χ3n) is 6.04. The third kappa shape index (κ3) is 3.39. The van der Waals surface area contributed by atoms with Gasteiger partial charge < -0.3 is 10.0 Å². The molecule has 0 unspecified atom stereocenters.